The van der Waals surface area contributed by atoms with Crippen molar-refractivity contribution in [3.63, 3.8) is 0 Å². The molecule has 1 fully saturated rings. The van der Waals surface area contributed by atoms with Gasteiger partial charge in [-0.15, -0.1) is 0 Å². The Bertz CT molecular complexity index is 256. The van der Waals surface area contributed by atoms with Gasteiger partial charge in [-0.3, -0.25) is 16.3 Å². The molecule has 1 aliphatic rings. The van der Waals surface area contributed by atoms with E-state index in [9.17, 15) is 0 Å². The average Bonchev–Trinajstić information content (AvgIpc) is 2.99. The number of nitrogens with one attached hydrogen (secondary N) is 1. The fraction of sp³-hybridized carbons (Fsp3) is 0.500. The van der Waals surface area contributed by atoms with Gasteiger partial charge in [-0.1, -0.05) is 18.9 Å². The maximum Gasteiger partial charge on any atom is 0.0477 e. The van der Waals surface area contributed by atoms with Gasteiger partial charge < -0.3 is 0 Å². The zero-order valence-corrected chi connectivity index (χ0v) is 7.61. The van der Waals surface area contributed by atoms with Crippen LogP contribution in [0.15, 0.2) is 24.5 Å². The quantitative estimate of drug-likeness (QED) is 0.539. The van der Waals surface area contributed by atoms with Crippen molar-refractivity contribution in [1.82, 2.24) is 10.4 Å². The third-order valence-corrected chi connectivity index (χ3v) is 2.55. The molecule has 70 valence electrons. The van der Waals surface area contributed by atoms with Gasteiger partial charge in [0.25, 0.3) is 0 Å². The predicted octanol–water partition coefficient (Wildman–Crippen LogP) is 1.39. The molecule has 0 bridgehead atoms. The van der Waals surface area contributed by atoms with Crippen LogP contribution in [0.4, 0.5) is 0 Å². The largest absolute Gasteiger partial charge is 0.271 e. The van der Waals surface area contributed by atoms with E-state index < -0.39 is 0 Å². The second kappa shape index (κ2) is 3.85. The minimum Gasteiger partial charge on any atom is -0.271 e. The molecule has 1 unspecified atom stereocenters. The number of nitrogens with zero attached hydrogens (tertiary/aromatic N) is 1. The summed E-state index contributed by atoms with van der Waals surface area (Å²) >= 11 is 0. The number of hydrazine groups is 1. The summed E-state index contributed by atoms with van der Waals surface area (Å²) in [4.78, 5) is 4.09. The van der Waals surface area contributed by atoms with Crippen molar-refractivity contribution in [2.45, 2.75) is 25.3 Å². The molecule has 0 saturated heterocycles. The first kappa shape index (κ1) is 8.66. The highest BCUT2D eigenvalue weighted by Gasteiger charge is 2.25. The van der Waals surface area contributed by atoms with Crippen molar-refractivity contribution in [3.05, 3.63) is 30.1 Å². The SMILES string of the molecule is NNC(CC1CC1)c1cccnc1. The number of nitrogens with two attached hydrogens (primary N) is 1. The molecule has 1 aliphatic carbocycles. The highest BCUT2D eigenvalue weighted by atomic mass is 15.2. The molecule has 3 nitrogen and oxygen atoms in total. The second-order valence-electron chi connectivity index (χ2n) is 3.68. The summed E-state index contributed by atoms with van der Waals surface area (Å²) in [5, 5.41) is 0. The molecule has 13 heavy (non-hydrogen) atoms. The monoisotopic (exact) mass is 177 g/mol. The van der Waals surface area contributed by atoms with Crippen LogP contribution in [0.1, 0.15) is 30.9 Å². The number of rotatable bonds is 4. The van der Waals surface area contributed by atoms with Crippen LogP contribution in [-0.2, 0) is 0 Å². The molecule has 0 radical (unpaired) electrons. The van der Waals surface area contributed by atoms with Gasteiger partial charge >= 0.3 is 0 Å². The van der Waals surface area contributed by atoms with Gasteiger partial charge in [-0.2, -0.15) is 0 Å². The van der Waals surface area contributed by atoms with Gasteiger partial charge in [0.15, 0.2) is 0 Å². The molecule has 0 aliphatic heterocycles. The highest BCUT2D eigenvalue weighted by molar-refractivity contribution is 5.13. The van der Waals surface area contributed by atoms with Crippen LogP contribution in [0.3, 0.4) is 0 Å². The highest BCUT2D eigenvalue weighted by Crippen LogP contribution is 2.37. The van der Waals surface area contributed by atoms with E-state index in [0.717, 1.165) is 12.3 Å². The van der Waals surface area contributed by atoms with Gasteiger partial charge in [-0.05, 0) is 24.0 Å². The van der Waals surface area contributed by atoms with E-state index in [4.69, 9.17) is 5.84 Å². The standard InChI is InChI=1S/C10H15N3/c11-13-10(6-8-3-4-8)9-2-1-5-12-7-9/h1-2,5,7-8,10,13H,3-4,6,11H2. The van der Waals surface area contributed by atoms with Crippen molar-refractivity contribution in [2.75, 3.05) is 0 Å². The maximum absolute atomic E-state index is 5.50. The normalized spacial score (nSPS) is 18.5. The van der Waals surface area contributed by atoms with Crippen LogP contribution < -0.4 is 11.3 Å². The van der Waals surface area contributed by atoms with E-state index in [1.54, 1.807) is 6.20 Å². The van der Waals surface area contributed by atoms with E-state index in [1.807, 2.05) is 12.3 Å². The number of hydrogen-bond acceptors (Lipinski definition) is 3. The van der Waals surface area contributed by atoms with Crippen LogP contribution in [0.5, 0.6) is 0 Å². The summed E-state index contributed by atoms with van der Waals surface area (Å²) in [5.41, 5.74) is 4.04. The van der Waals surface area contributed by atoms with Crippen LogP contribution in [0.25, 0.3) is 0 Å². The first-order chi connectivity index (χ1) is 6.40. The predicted molar refractivity (Wildman–Crippen MR) is 51.6 cm³/mol. The summed E-state index contributed by atoms with van der Waals surface area (Å²) in [7, 11) is 0. The Labute approximate surface area is 78.3 Å². The van der Waals surface area contributed by atoms with Gasteiger partial charge in [-0.25, -0.2) is 0 Å². The molecule has 1 saturated carbocycles. The Morgan fingerprint density at radius 1 is 1.62 bits per heavy atom. The minimum atomic E-state index is 0.279. The fourth-order valence-electron chi connectivity index (χ4n) is 1.57. The Kier molecular flexibility index (Phi) is 2.57. The van der Waals surface area contributed by atoms with Crippen LogP contribution in [0.2, 0.25) is 0 Å². The third-order valence-electron chi connectivity index (χ3n) is 2.55. The zero-order chi connectivity index (χ0) is 9.10. The Hall–Kier alpha value is -0.930. The second-order valence-corrected chi connectivity index (χ2v) is 3.68. The zero-order valence-electron chi connectivity index (χ0n) is 7.61. The lowest BCUT2D eigenvalue weighted by Gasteiger charge is -2.14. The van der Waals surface area contributed by atoms with Crippen LogP contribution in [0, 0.1) is 5.92 Å². The van der Waals surface area contributed by atoms with Crippen molar-refractivity contribution in [3.8, 4) is 0 Å². The summed E-state index contributed by atoms with van der Waals surface area (Å²) in [6.07, 6.45) is 7.53. The first-order valence-electron chi connectivity index (χ1n) is 4.76. The minimum absolute atomic E-state index is 0.279. The molecule has 1 heterocycles. The number of pyridine rings is 1. The third kappa shape index (κ3) is 2.26. The first-order valence-corrected chi connectivity index (χ1v) is 4.76. The summed E-state index contributed by atoms with van der Waals surface area (Å²) < 4.78 is 0. The summed E-state index contributed by atoms with van der Waals surface area (Å²) in [6, 6.07) is 4.30. The lowest BCUT2D eigenvalue weighted by atomic mass is 10.0. The van der Waals surface area contributed by atoms with Crippen LogP contribution in [-0.4, -0.2) is 4.98 Å². The van der Waals surface area contributed by atoms with Crippen molar-refractivity contribution >= 4 is 0 Å². The van der Waals surface area contributed by atoms with Crippen molar-refractivity contribution < 1.29 is 0 Å². The molecule has 1 aromatic heterocycles. The summed E-state index contributed by atoms with van der Waals surface area (Å²) in [5.74, 6) is 6.38. The number of hydrogen-bond donors (Lipinski definition) is 2. The molecule has 3 N–H and O–H groups in total. The topological polar surface area (TPSA) is 50.9 Å². The van der Waals surface area contributed by atoms with Crippen molar-refractivity contribution in [1.29, 1.82) is 0 Å². The molecular weight excluding hydrogens is 162 g/mol. The lowest BCUT2D eigenvalue weighted by Crippen LogP contribution is -2.28. The van der Waals surface area contributed by atoms with Gasteiger partial charge in [0.05, 0.1) is 0 Å². The maximum atomic E-state index is 5.50. The molecule has 1 atom stereocenters. The molecule has 0 amide bonds. The Morgan fingerprint density at radius 3 is 3.00 bits per heavy atom. The summed E-state index contributed by atoms with van der Waals surface area (Å²) in [6.45, 7) is 0. The molecule has 2 rings (SSSR count). The molecular formula is C10H15N3. The lowest BCUT2D eigenvalue weighted by molar-refractivity contribution is 0.486. The molecule has 0 spiro atoms. The molecule has 1 aromatic rings. The van der Waals surface area contributed by atoms with Gasteiger partial charge in [0, 0.05) is 18.4 Å². The van der Waals surface area contributed by atoms with Gasteiger partial charge in [0.1, 0.15) is 0 Å². The smallest absolute Gasteiger partial charge is 0.0477 e. The van der Waals surface area contributed by atoms with Gasteiger partial charge in [0.2, 0.25) is 0 Å². The fourth-order valence-corrected chi connectivity index (χ4v) is 1.57. The average molecular weight is 177 g/mol. The van der Waals surface area contributed by atoms with E-state index >= 15 is 0 Å². The van der Waals surface area contributed by atoms with E-state index in [2.05, 4.69) is 16.5 Å². The Morgan fingerprint density at radius 2 is 2.46 bits per heavy atom. The Balaban J connectivity index is 2.02. The van der Waals surface area contributed by atoms with E-state index in [0.29, 0.717) is 0 Å². The van der Waals surface area contributed by atoms with Crippen molar-refractivity contribution in [2.24, 2.45) is 11.8 Å². The van der Waals surface area contributed by atoms with E-state index in [1.165, 1.54) is 18.4 Å². The van der Waals surface area contributed by atoms with E-state index in [-0.39, 0.29) is 6.04 Å². The molecule has 3 heteroatoms. The van der Waals surface area contributed by atoms with Crippen LogP contribution >= 0.6 is 0 Å². The molecule has 0 aromatic carbocycles. The number of aromatic nitrogens is 1.